The van der Waals surface area contributed by atoms with Crippen molar-refractivity contribution >= 4 is 17.5 Å². The molecule has 1 aromatic rings. The fourth-order valence-electron chi connectivity index (χ4n) is 2.44. The van der Waals surface area contributed by atoms with Gasteiger partial charge in [-0.2, -0.15) is 5.10 Å². The molecule has 1 heterocycles. The van der Waals surface area contributed by atoms with Crippen LogP contribution < -0.4 is 15.5 Å². The maximum Gasteiger partial charge on any atom is 0.267 e. The van der Waals surface area contributed by atoms with E-state index in [0.717, 1.165) is 11.3 Å². The van der Waals surface area contributed by atoms with E-state index in [1.54, 1.807) is 7.11 Å². The standard InChI is InChI=1S/C16H22N4O3/c1-20(2)13(11-6-4-5-7-14(11)23-3)10-17-16(22)12-8-9-15(21)19-18-12/h4-7,13H,8-10H2,1-3H3,(H,17,22)(H,19,21). The van der Waals surface area contributed by atoms with Gasteiger partial charge in [0, 0.05) is 24.9 Å². The van der Waals surface area contributed by atoms with Crippen LogP contribution in [-0.4, -0.2) is 50.2 Å². The van der Waals surface area contributed by atoms with E-state index < -0.39 is 0 Å². The monoisotopic (exact) mass is 318 g/mol. The third kappa shape index (κ3) is 4.29. The summed E-state index contributed by atoms with van der Waals surface area (Å²) in [5.74, 6) is 0.358. The summed E-state index contributed by atoms with van der Waals surface area (Å²) in [4.78, 5) is 25.3. The molecule has 0 saturated heterocycles. The molecule has 0 aliphatic carbocycles. The molecule has 2 rings (SSSR count). The average Bonchev–Trinajstić information content (AvgIpc) is 2.55. The first-order chi connectivity index (χ1) is 11.0. The first-order valence-electron chi connectivity index (χ1n) is 7.46. The van der Waals surface area contributed by atoms with E-state index in [4.69, 9.17) is 4.74 Å². The van der Waals surface area contributed by atoms with Crippen LogP contribution in [0.5, 0.6) is 5.75 Å². The fourth-order valence-corrected chi connectivity index (χ4v) is 2.44. The SMILES string of the molecule is COc1ccccc1C(CNC(=O)C1=NNC(=O)CC1)N(C)C. The first kappa shape index (κ1) is 17.0. The second-order valence-electron chi connectivity index (χ2n) is 5.52. The summed E-state index contributed by atoms with van der Waals surface area (Å²) < 4.78 is 5.40. The summed E-state index contributed by atoms with van der Waals surface area (Å²) in [5, 5.41) is 6.69. The zero-order valence-corrected chi connectivity index (χ0v) is 13.6. The number of carbonyl (C=O) groups is 2. The van der Waals surface area contributed by atoms with Gasteiger partial charge < -0.3 is 15.0 Å². The van der Waals surface area contributed by atoms with Crippen molar-refractivity contribution in [2.75, 3.05) is 27.7 Å². The van der Waals surface area contributed by atoms with Crippen LogP contribution in [-0.2, 0) is 9.59 Å². The van der Waals surface area contributed by atoms with Crippen molar-refractivity contribution < 1.29 is 14.3 Å². The van der Waals surface area contributed by atoms with E-state index in [1.807, 2.05) is 43.3 Å². The summed E-state index contributed by atoms with van der Waals surface area (Å²) >= 11 is 0. The minimum absolute atomic E-state index is 0.0334. The number of amides is 2. The topological polar surface area (TPSA) is 83.0 Å². The summed E-state index contributed by atoms with van der Waals surface area (Å²) in [6.45, 7) is 0.416. The van der Waals surface area contributed by atoms with Gasteiger partial charge in [-0.1, -0.05) is 18.2 Å². The molecule has 1 atom stereocenters. The Bertz CT molecular complexity index is 613. The molecule has 1 aliphatic heterocycles. The Morgan fingerprint density at radius 2 is 2.13 bits per heavy atom. The van der Waals surface area contributed by atoms with E-state index in [2.05, 4.69) is 15.8 Å². The molecule has 2 amide bonds. The zero-order chi connectivity index (χ0) is 16.8. The number of hydrogen-bond donors (Lipinski definition) is 2. The molecule has 0 fully saturated rings. The minimum Gasteiger partial charge on any atom is -0.496 e. The Morgan fingerprint density at radius 1 is 1.39 bits per heavy atom. The number of hydrogen-bond acceptors (Lipinski definition) is 5. The number of benzene rings is 1. The molecule has 0 aromatic heterocycles. The molecule has 23 heavy (non-hydrogen) atoms. The molecular weight excluding hydrogens is 296 g/mol. The average molecular weight is 318 g/mol. The first-order valence-corrected chi connectivity index (χ1v) is 7.46. The Kier molecular flexibility index (Phi) is 5.70. The Hall–Kier alpha value is -2.41. The highest BCUT2D eigenvalue weighted by atomic mass is 16.5. The van der Waals surface area contributed by atoms with Crippen LogP contribution in [0, 0.1) is 0 Å². The quantitative estimate of drug-likeness (QED) is 0.808. The van der Waals surface area contributed by atoms with Crippen LogP contribution in [0.4, 0.5) is 0 Å². The van der Waals surface area contributed by atoms with Crippen LogP contribution in [0.2, 0.25) is 0 Å². The van der Waals surface area contributed by atoms with Gasteiger partial charge in [-0.05, 0) is 20.2 Å². The smallest absolute Gasteiger partial charge is 0.267 e. The number of methoxy groups -OCH3 is 1. The minimum atomic E-state index is -0.258. The summed E-state index contributed by atoms with van der Waals surface area (Å²) in [5.41, 5.74) is 3.68. The van der Waals surface area contributed by atoms with Crippen LogP contribution >= 0.6 is 0 Å². The molecule has 1 unspecified atom stereocenters. The zero-order valence-electron chi connectivity index (χ0n) is 13.6. The third-order valence-corrected chi connectivity index (χ3v) is 3.74. The van der Waals surface area contributed by atoms with Gasteiger partial charge in [-0.3, -0.25) is 9.59 Å². The maximum atomic E-state index is 12.2. The van der Waals surface area contributed by atoms with Gasteiger partial charge in [-0.15, -0.1) is 0 Å². The Morgan fingerprint density at radius 3 is 2.74 bits per heavy atom. The lowest BCUT2D eigenvalue weighted by Gasteiger charge is -2.26. The van der Waals surface area contributed by atoms with Crippen molar-refractivity contribution in [1.29, 1.82) is 0 Å². The molecule has 124 valence electrons. The Labute approximate surface area is 135 Å². The summed E-state index contributed by atoms with van der Waals surface area (Å²) in [6, 6.07) is 7.70. The molecule has 0 radical (unpaired) electrons. The summed E-state index contributed by atoms with van der Waals surface area (Å²) in [7, 11) is 5.52. The highest BCUT2D eigenvalue weighted by Crippen LogP contribution is 2.27. The van der Waals surface area contributed by atoms with Gasteiger partial charge in [0.2, 0.25) is 5.91 Å². The number of para-hydroxylation sites is 1. The van der Waals surface area contributed by atoms with E-state index in [0.29, 0.717) is 18.7 Å². The third-order valence-electron chi connectivity index (χ3n) is 3.74. The van der Waals surface area contributed by atoms with Crippen molar-refractivity contribution in [3.63, 3.8) is 0 Å². The Balaban J connectivity index is 2.06. The normalized spacial score (nSPS) is 15.7. The van der Waals surface area contributed by atoms with Gasteiger partial charge >= 0.3 is 0 Å². The van der Waals surface area contributed by atoms with Gasteiger partial charge in [-0.25, -0.2) is 5.43 Å². The number of ether oxygens (including phenoxy) is 1. The molecule has 7 heteroatoms. The van der Waals surface area contributed by atoms with Gasteiger partial charge in [0.05, 0.1) is 13.2 Å². The molecule has 1 aliphatic rings. The molecule has 7 nitrogen and oxygen atoms in total. The number of hydrazone groups is 1. The second-order valence-corrected chi connectivity index (χ2v) is 5.52. The lowest BCUT2D eigenvalue weighted by molar-refractivity contribution is -0.121. The molecule has 0 spiro atoms. The van der Waals surface area contributed by atoms with Crippen molar-refractivity contribution in [3.8, 4) is 5.75 Å². The van der Waals surface area contributed by atoms with Gasteiger partial charge in [0.15, 0.2) is 0 Å². The van der Waals surface area contributed by atoms with E-state index in [-0.39, 0.29) is 24.3 Å². The molecule has 0 bridgehead atoms. The highest BCUT2D eigenvalue weighted by molar-refractivity contribution is 6.39. The molecular formula is C16H22N4O3. The second kappa shape index (κ2) is 7.73. The van der Waals surface area contributed by atoms with E-state index >= 15 is 0 Å². The predicted molar refractivity (Wildman–Crippen MR) is 87.2 cm³/mol. The van der Waals surface area contributed by atoms with Gasteiger partial charge in [0.1, 0.15) is 11.5 Å². The lowest BCUT2D eigenvalue weighted by atomic mass is 10.0. The van der Waals surface area contributed by atoms with Crippen LogP contribution in [0.1, 0.15) is 24.4 Å². The van der Waals surface area contributed by atoms with Crippen molar-refractivity contribution in [1.82, 2.24) is 15.6 Å². The highest BCUT2D eigenvalue weighted by Gasteiger charge is 2.22. The molecule has 2 N–H and O–H groups in total. The number of nitrogens with zero attached hydrogens (tertiary/aromatic N) is 2. The maximum absolute atomic E-state index is 12.2. The largest absolute Gasteiger partial charge is 0.496 e. The summed E-state index contributed by atoms with van der Waals surface area (Å²) in [6.07, 6.45) is 0.648. The number of likely N-dealkylation sites (N-methyl/N-ethyl adjacent to an activating group) is 1. The lowest BCUT2D eigenvalue weighted by Crippen LogP contribution is -2.40. The van der Waals surface area contributed by atoms with Crippen LogP contribution in [0.25, 0.3) is 0 Å². The fraction of sp³-hybridized carbons (Fsp3) is 0.438. The number of nitrogens with one attached hydrogen (secondary N) is 2. The molecule has 0 saturated carbocycles. The van der Waals surface area contributed by atoms with Crippen molar-refractivity contribution in [2.45, 2.75) is 18.9 Å². The predicted octanol–water partition coefficient (Wildman–Crippen LogP) is 0.680. The van der Waals surface area contributed by atoms with Crippen LogP contribution in [0.3, 0.4) is 0 Å². The van der Waals surface area contributed by atoms with Gasteiger partial charge in [0.25, 0.3) is 5.91 Å². The number of rotatable bonds is 6. The van der Waals surface area contributed by atoms with E-state index in [9.17, 15) is 9.59 Å². The number of carbonyl (C=O) groups excluding carboxylic acids is 2. The molecule has 1 aromatic carbocycles. The van der Waals surface area contributed by atoms with Crippen molar-refractivity contribution in [3.05, 3.63) is 29.8 Å². The van der Waals surface area contributed by atoms with Crippen molar-refractivity contribution in [2.24, 2.45) is 5.10 Å². The van der Waals surface area contributed by atoms with Crippen LogP contribution in [0.15, 0.2) is 29.4 Å². The van der Waals surface area contributed by atoms with E-state index in [1.165, 1.54) is 0 Å².